The lowest BCUT2D eigenvalue weighted by molar-refractivity contribution is -0.139. The van der Waals surface area contributed by atoms with E-state index in [0.717, 1.165) is 41.5 Å². The highest BCUT2D eigenvalue weighted by Crippen LogP contribution is 2.43. The molecule has 2 fully saturated rings. The number of pyridine rings is 1. The average molecular weight is 596 g/mol. The molecule has 0 saturated carbocycles. The van der Waals surface area contributed by atoms with E-state index in [0.29, 0.717) is 23.8 Å². The Hall–Kier alpha value is -2.73. The standard InChI is InChI=1S/C28H39F2N5O3S2/c1-5-38-26(36)19-39-33-21-6-7-22(23(18-21)34-12-14-40(3,4)15-13-34)27(37)32-24-16-20(2)17-25(31-24)35-10-8-28(29,30)9-11-35/h6-7,16-18,33H,5,8-15,19H2,1-4H3,(H,31,32,37). The Morgan fingerprint density at radius 2 is 1.77 bits per heavy atom. The molecule has 2 aliphatic heterocycles. The number of ether oxygens (including phenoxy) is 1. The zero-order valence-corrected chi connectivity index (χ0v) is 25.2. The summed E-state index contributed by atoms with van der Waals surface area (Å²) in [5, 5.41) is 2.95. The molecule has 2 aliphatic rings. The number of aromatic nitrogens is 1. The Labute approximate surface area is 241 Å². The molecule has 12 heteroatoms. The smallest absolute Gasteiger partial charge is 0.317 e. The number of nitrogens with zero attached hydrogens (tertiary/aromatic N) is 3. The van der Waals surface area contributed by atoms with Crippen LogP contribution in [0.1, 0.15) is 35.7 Å². The number of carbonyl (C=O) groups is 2. The first-order valence-electron chi connectivity index (χ1n) is 13.5. The van der Waals surface area contributed by atoms with Gasteiger partial charge in [0.15, 0.2) is 0 Å². The molecule has 40 heavy (non-hydrogen) atoms. The number of carbonyl (C=O) groups excluding carboxylic acids is 2. The minimum Gasteiger partial charge on any atom is -0.465 e. The van der Waals surface area contributed by atoms with Crippen LogP contribution in [0.3, 0.4) is 0 Å². The number of aryl methyl sites for hydroxylation is 1. The molecule has 0 spiro atoms. The van der Waals surface area contributed by atoms with E-state index in [4.69, 9.17) is 4.74 Å². The molecule has 1 aromatic carbocycles. The van der Waals surface area contributed by atoms with Gasteiger partial charge in [0.25, 0.3) is 11.8 Å². The molecule has 0 bridgehead atoms. The highest BCUT2D eigenvalue weighted by molar-refractivity contribution is 8.32. The van der Waals surface area contributed by atoms with Crippen molar-refractivity contribution in [3.8, 4) is 0 Å². The summed E-state index contributed by atoms with van der Waals surface area (Å²) in [4.78, 5) is 34.0. The van der Waals surface area contributed by atoms with Crippen molar-refractivity contribution in [2.24, 2.45) is 0 Å². The van der Waals surface area contributed by atoms with Gasteiger partial charge < -0.3 is 24.6 Å². The summed E-state index contributed by atoms with van der Waals surface area (Å²) in [6.07, 6.45) is 4.26. The summed E-state index contributed by atoms with van der Waals surface area (Å²) >= 11 is 1.24. The first-order chi connectivity index (χ1) is 18.9. The molecule has 220 valence electrons. The summed E-state index contributed by atoms with van der Waals surface area (Å²) in [6.45, 7) is 6.16. The first kappa shape index (κ1) is 30.2. The summed E-state index contributed by atoms with van der Waals surface area (Å²) in [5.41, 5.74) is 3.02. The van der Waals surface area contributed by atoms with Crippen LogP contribution in [0.2, 0.25) is 0 Å². The summed E-state index contributed by atoms with van der Waals surface area (Å²) in [5.74, 6) is 0.0973. The molecule has 4 rings (SSSR count). The number of halogens is 2. The number of nitrogens with one attached hydrogen (secondary N) is 2. The van der Waals surface area contributed by atoms with Gasteiger partial charge in [0.2, 0.25) is 0 Å². The first-order valence-corrected chi connectivity index (χ1v) is 17.3. The van der Waals surface area contributed by atoms with Gasteiger partial charge in [-0.15, -0.1) is 0 Å². The highest BCUT2D eigenvalue weighted by Gasteiger charge is 2.34. The second kappa shape index (κ2) is 12.8. The van der Waals surface area contributed by atoms with Crippen LogP contribution in [0.25, 0.3) is 0 Å². The van der Waals surface area contributed by atoms with Crippen LogP contribution in [0.4, 0.5) is 31.8 Å². The molecule has 3 heterocycles. The van der Waals surface area contributed by atoms with Crippen molar-refractivity contribution in [1.82, 2.24) is 4.98 Å². The van der Waals surface area contributed by atoms with Crippen molar-refractivity contribution in [3.05, 3.63) is 41.5 Å². The fourth-order valence-corrected chi connectivity index (χ4v) is 6.92. The van der Waals surface area contributed by atoms with Gasteiger partial charge >= 0.3 is 5.97 Å². The second-order valence-electron chi connectivity index (χ2n) is 10.8. The molecule has 2 saturated heterocycles. The number of hydrogen-bond donors (Lipinski definition) is 2. The number of alkyl halides is 2. The minimum atomic E-state index is -2.64. The number of amides is 1. The second-order valence-corrected chi connectivity index (χ2v) is 15.9. The molecule has 1 aromatic heterocycles. The van der Waals surface area contributed by atoms with Crippen molar-refractivity contribution in [2.45, 2.75) is 32.6 Å². The van der Waals surface area contributed by atoms with Gasteiger partial charge in [-0.05, 0) is 85.7 Å². The van der Waals surface area contributed by atoms with Gasteiger partial charge in [-0.25, -0.2) is 23.8 Å². The average Bonchev–Trinajstić information content (AvgIpc) is 2.88. The molecule has 0 unspecified atom stereocenters. The topological polar surface area (TPSA) is 86.8 Å². The van der Waals surface area contributed by atoms with Gasteiger partial charge in [0, 0.05) is 44.7 Å². The quantitative estimate of drug-likeness (QED) is 0.295. The van der Waals surface area contributed by atoms with Crippen LogP contribution in [0, 0.1) is 6.92 Å². The van der Waals surface area contributed by atoms with Crippen LogP contribution in [0.5, 0.6) is 0 Å². The molecule has 8 nitrogen and oxygen atoms in total. The fourth-order valence-electron chi connectivity index (χ4n) is 4.72. The normalized spacial score (nSPS) is 19.1. The predicted molar refractivity (Wildman–Crippen MR) is 164 cm³/mol. The lowest BCUT2D eigenvalue weighted by atomic mass is 10.1. The van der Waals surface area contributed by atoms with E-state index in [1.807, 2.05) is 30.0 Å². The van der Waals surface area contributed by atoms with Crippen LogP contribution in [-0.2, 0) is 9.53 Å². The molecule has 0 atom stereocenters. The zero-order chi connectivity index (χ0) is 28.9. The van der Waals surface area contributed by atoms with Crippen molar-refractivity contribution in [3.63, 3.8) is 0 Å². The number of hydrogen-bond acceptors (Lipinski definition) is 8. The van der Waals surface area contributed by atoms with E-state index in [1.165, 1.54) is 11.9 Å². The molecule has 2 aromatic rings. The Bertz CT molecular complexity index is 1210. The van der Waals surface area contributed by atoms with Crippen molar-refractivity contribution in [2.75, 3.05) is 82.4 Å². The summed E-state index contributed by atoms with van der Waals surface area (Å²) in [6, 6.07) is 9.20. The Balaban J connectivity index is 1.53. The summed E-state index contributed by atoms with van der Waals surface area (Å²) in [7, 11) is -0.647. The molecule has 1 amide bonds. The van der Waals surface area contributed by atoms with E-state index >= 15 is 0 Å². The van der Waals surface area contributed by atoms with E-state index in [2.05, 4.69) is 32.4 Å². The lowest BCUT2D eigenvalue weighted by Crippen LogP contribution is -2.40. The van der Waals surface area contributed by atoms with Crippen LogP contribution >= 0.6 is 22.0 Å². The Morgan fingerprint density at radius 1 is 1.07 bits per heavy atom. The number of piperidine rings is 1. The SMILES string of the molecule is CCOC(=O)CSNc1ccc(C(=O)Nc2cc(C)cc(N3CCC(F)(F)CC3)n2)c(N2CCS(C)(C)CC2)c1. The number of esters is 1. The lowest BCUT2D eigenvalue weighted by Gasteiger charge is -2.42. The molecular weight excluding hydrogens is 556 g/mol. The van der Waals surface area contributed by atoms with Crippen LogP contribution in [-0.4, -0.2) is 85.3 Å². The monoisotopic (exact) mass is 595 g/mol. The number of benzene rings is 1. The van der Waals surface area contributed by atoms with E-state index in [-0.39, 0.29) is 43.6 Å². The molecule has 0 aliphatic carbocycles. The largest absolute Gasteiger partial charge is 0.465 e. The van der Waals surface area contributed by atoms with Gasteiger partial charge in [-0.2, -0.15) is 0 Å². The highest BCUT2D eigenvalue weighted by atomic mass is 32.3. The maximum absolute atomic E-state index is 13.7. The van der Waals surface area contributed by atoms with Crippen LogP contribution < -0.4 is 19.8 Å². The van der Waals surface area contributed by atoms with Crippen molar-refractivity contribution >= 4 is 56.9 Å². The van der Waals surface area contributed by atoms with E-state index in [1.54, 1.807) is 19.1 Å². The van der Waals surface area contributed by atoms with Gasteiger partial charge in [-0.3, -0.25) is 9.59 Å². The zero-order valence-electron chi connectivity index (χ0n) is 23.6. The Kier molecular flexibility index (Phi) is 9.71. The van der Waals surface area contributed by atoms with Crippen molar-refractivity contribution in [1.29, 1.82) is 0 Å². The van der Waals surface area contributed by atoms with Crippen molar-refractivity contribution < 1.29 is 23.1 Å². The van der Waals surface area contributed by atoms with Gasteiger partial charge in [0.05, 0.1) is 17.9 Å². The molecule has 2 N–H and O–H groups in total. The minimum absolute atomic E-state index is 0.169. The number of anilines is 4. The molecule has 0 radical (unpaired) electrons. The number of rotatable bonds is 9. The summed E-state index contributed by atoms with van der Waals surface area (Å²) < 4.78 is 35.5. The Morgan fingerprint density at radius 3 is 2.45 bits per heavy atom. The maximum Gasteiger partial charge on any atom is 0.317 e. The van der Waals surface area contributed by atoms with E-state index in [9.17, 15) is 18.4 Å². The third-order valence-electron chi connectivity index (χ3n) is 7.11. The third kappa shape index (κ3) is 8.15. The van der Waals surface area contributed by atoms with E-state index < -0.39 is 16.0 Å². The van der Waals surface area contributed by atoms with Gasteiger partial charge in [-0.1, -0.05) is 0 Å². The van der Waals surface area contributed by atoms with Gasteiger partial charge in [0.1, 0.15) is 17.4 Å². The fraction of sp³-hybridized carbons (Fsp3) is 0.536. The maximum atomic E-state index is 13.7. The molecular formula is C28H39F2N5O3S2. The van der Waals surface area contributed by atoms with Crippen LogP contribution in [0.15, 0.2) is 30.3 Å². The predicted octanol–water partition coefficient (Wildman–Crippen LogP) is 5.39. The third-order valence-corrected chi connectivity index (χ3v) is 10.4.